The topological polar surface area (TPSA) is 19.6 Å². The molecule has 2 aromatic heterocycles. The van der Waals surface area contributed by atoms with Gasteiger partial charge in [-0.15, -0.1) is 0 Å². The quantitative estimate of drug-likeness (QED) is 0.0799. The minimum Gasteiger partial charge on any atom is -0.345 e. The third-order valence-electron chi connectivity index (χ3n) is 16.5. The van der Waals surface area contributed by atoms with Crippen LogP contribution >= 0.6 is 0 Å². The number of hydrogen-bond acceptors (Lipinski definition) is 3. The van der Waals surface area contributed by atoms with Crippen LogP contribution in [0.1, 0.15) is 84.7 Å². The van der Waals surface area contributed by atoms with Crippen molar-refractivity contribution in [3.63, 3.8) is 0 Å². The average Bonchev–Trinajstić information content (AvgIpc) is 4.10. The van der Waals surface area contributed by atoms with Gasteiger partial charge in [0.1, 0.15) is 0 Å². The minimum atomic E-state index is 0.0266. The van der Waals surface area contributed by atoms with Crippen LogP contribution in [0.2, 0.25) is 0 Å². The van der Waals surface area contributed by atoms with Crippen molar-refractivity contribution in [2.75, 3.05) is 35.8 Å². The molecule has 0 spiro atoms. The van der Waals surface area contributed by atoms with Crippen molar-refractivity contribution in [2.45, 2.75) is 64.5 Å². The lowest BCUT2D eigenvalue weighted by Gasteiger charge is -2.25. The highest BCUT2D eigenvalue weighted by Crippen LogP contribution is 2.42. The van der Waals surface area contributed by atoms with Crippen LogP contribution < -0.4 is 14.7 Å². The highest BCUT2D eigenvalue weighted by Gasteiger charge is 2.23. The molecule has 2 atom stereocenters. The van der Waals surface area contributed by atoms with E-state index in [9.17, 15) is 0 Å². The van der Waals surface area contributed by atoms with E-state index in [1.165, 1.54) is 88.4 Å². The normalized spacial score (nSPS) is 12.4. The molecule has 0 aliphatic rings. The Morgan fingerprint density at radius 1 is 0.282 bits per heavy atom. The van der Waals surface area contributed by atoms with Gasteiger partial charge in [0.2, 0.25) is 0 Å². The summed E-state index contributed by atoms with van der Waals surface area (Å²) in [5, 5.41) is 5.26. The number of nitrogens with zero attached hydrogens (tertiary/aromatic N) is 5. The zero-order valence-corrected chi connectivity index (χ0v) is 45.7. The van der Waals surface area contributed by atoms with E-state index in [0.717, 1.165) is 61.5 Å². The van der Waals surface area contributed by atoms with Gasteiger partial charge in [-0.05, 0) is 155 Å². The lowest BCUT2D eigenvalue weighted by Crippen LogP contribution is -2.11. The molecule has 0 bridgehead atoms. The van der Waals surface area contributed by atoms with Crippen LogP contribution in [0.3, 0.4) is 0 Å². The van der Waals surface area contributed by atoms with Gasteiger partial charge in [-0.1, -0.05) is 160 Å². The van der Waals surface area contributed by atoms with Crippen molar-refractivity contribution in [1.29, 1.82) is 0 Å². The Labute approximate surface area is 460 Å². The molecule has 0 radical (unpaired) electrons. The van der Waals surface area contributed by atoms with Gasteiger partial charge in [-0.3, -0.25) is 0 Å². The Morgan fingerprint density at radius 2 is 0.551 bits per heavy atom. The van der Waals surface area contributed by atoms with Crippen LogP contribution in [0.25, 0.3) is 43.6 Å². The van der Waals surface area contributed by atoms with Crippen LogP contribution in [0, 0.1) is 0 Å². The fourth-order valence-corrected chi connectivity index (χ4v) is 12.1. The molecular weight excluding hydrogens is 947 g/mol. The number of para-hydroxylation sites is 4. The summed E-state index contributed by atoms with van der Waals surface area (Å²) >= 11 is 0. The van der Waals surface area contributed by atoms with Gasteiger partial charge in [0.05, 0.1) is 0 Å². The van der Waals surface area contributed by atoms with Gasteiger partial charge in [0.15, 0.2) is 0 Å². The fraction of sp³-hybridized carbons (Fsp3) is 0.178. The van der Waals surface area contributed by atoms with Crippen molar-refractivity contribution >= 4 is 77.7 Å². The number of aryl methyl sites for hydroxylation is 2. The van der Waals surface area contributed by atoms with E-state index in [1.54, 1.807) is 0 Å². The predicted octanol–water partition coefficient (Wildman–Crippen LogP) is 19.2. The fourth-order valence-electron chi connectivity index (χ4n) is 12.1. The van der Waals surface area contributed by atoms with Crippen LogP contribution in [0.4, 0.5) is 34.1 Å². The largest absolute Gasteiger partial charge is 0.345 e. The average molecular weight is 1020 g/mol. The minimum absolute atomic E-state index is 0.0266. The molecule has 0 amide bonds. The molecule has 12 aromatic rings. The van der Waals surface area contributed by atoms with Crippen LogP contribution in [0.15, 0.2) is 243 Å². The molecule has 0 aliphatic heterocycles. The smallest absolute Gasteiger partial charge is 0.0491 e. The molecule has 5 nitrogen and oxygen atoms in total. The van der Waals surface area contributed by atoms with Crippen LogP contribution in [0.5, 0.6) is 0 Å². The SMILES string of the molecule is CCCCn1c2ccccc2c2cc(C(c3ccc(N(C)c4ccccc4)cc3)c3ccc(N(C)c4ccc(C(c5ccc(N(C)c6ccccc6)cc5)c5ccc6c(c5)c5ccccc5n6CCCC)cc4)cc3)ccc21. The number of anilines is 6. The maximum absolute atomic E-state index is 2.52. The van der Waals surface area contributed by atoms with E-state index < -0.39 is 0 Å². The molecule has 10 aromatic carbocycles. The molecule has 5 heteroatoms. The monoisotopic (exact) mass is 1020 g/mol. The lowest BCUT2D eigenvalue weighted by molar-refractivity contribution is 0.665. The first kappa shape index (κ1) is 50.0. The summed E-state index contributed by atoms with van der Waals surface area (Å²) in [5.41, 5.74) is 19.8. The Hall–Kier alpha value is -8.80. The molecule has 0 saturated carbocycles. The second-order valence-electron chi connectivity index (χ2n) is 21.2. The highest BCUT2D eigenvalue weighted by molar-refractivity contribution is 6.09. The van der Waals surface area contributed by atoms with Gasteiger partial charge < -0.3 is 23.8 Å². The number of unbranched alkanes of at least 4 members (excludes halogenated alkanes) is 2. The molecule has 386 valence electrons. The van der Waals surface area contributed by atoms with E-state index >= 15 is 0 Å². The Balaban J connectivity index is 0.883. The summed E-state index contributed by atoms with van der Waals surface area (Å²) in [6, 6.07) is 90.4. The Bertz CT molecular complexity index is 3710. The molecule has 0 fully saturated rings. The number of rotatable bonds is 18. The summed E-state index contributed by atoms with van der Waals surface area (Å²) in [6.45, 7) is 6.58. The first-order chi connectivity index (χ1) is 38.4. The summed E-state index contributed by atoms with van der Waals surface area (Å²) in [6.07, 6.45) is 4.63. The summed E-state index contributed by atoms with van der Waals surface area (Å²) in [5.74, 6) is 0.0532. The van der Waals surface area contributed by atoms with E-state index in [-0.39, 0.29) is 11.8 Å². The summed E-state index contributed by atoms with van der Waals surface area (Å²) < 4.78 is 5.05. The van der Waals surface area contributed by atoms with E-state index in [0.29, 0.717) is 0 Å². The van der Waals surface area contributed by atoms with Crippen molar-refractivity contribution in [2.24, 2.45) is 0 Å². The number of fused-ring (bicyclic) bond motifs is 6. The Morgan fingerprint density at radius 3 is 0.872 bits per heavy atom. The van der Waals surface area contributed by atoms with Crippen LogP contribution in [-0.4, -0.2) is 30.3 Å². The van der Waals surface area contributed by atoms with Gasteiger partial charge in [0, 0.05) is 124 Å². The first-order valence-corrected chi connectivity index (χ1v) is 28.1. The van der Waals surface area contributed by atoms with E-state index in [4.69, 9.17) is 0 Å². The summed E-state index contributed by atoms with van der Waals surface area (Å²) in [4.78, 5) is 6.82. The second kappa shape index (κ2) is 22.0. The third-order valence-corrected chi connectivity index (χ3v) is 16.5. The van der Waals surface area contributed by atoms with E-state index in [1.807, 2.05) is 0 Å². The van der Waals surface area contributed by atoms with Crippen molar-refractivity contribution in [1.82, 2.24) is 9.13 Å². The lowest BCUT2D eigenvalue weighted by atomic mass is 9.84. The predicted molar refractivity (Wildman–Crippen MR) is 333 cm³/mol. The molecule has 2 heterocycles. The third kappa shape index (κ3) is 9.59. The van der Waals surface area contributed by atoms with Gasteiger partial charge >= 0.3 is 0 Å². The Kier molecular flexibility index (Phi) is 14.1. The maximum atomic E-state index is 2.52. The number of hydrogen-bond donors (Lipinski definition) is 0. The molecular formula is C73H69N5. The standard InChI is InChI=1S/C73H69N5/c1-6-8-48-77-68-26-18-16-24-64(68)66-50-56(36-46-70(66)77)72(52-28-38-60(39-29-52)74(3)58-20-12-10-13-21-58)54-32-42-62(43-33-54)76(5)63-44-34-55(35-45-63)73(53-30-40-61(41-31-53)75(4)59-22-14-11-15-23-59)57-37-47-71-67(51-57)65-25-17-19-27-69(65)78(71)49-9-7-2/h10-47,50-51,72-73H,6-9,48-49H2,1-5H3. The van der Waals surface area contributed by atoms with E-state index in [2.05, 4.69) is 301 Å². The molecule has 0 saturated heterocycles. The maximum Gasteiger partial charge on any atom is 0.0491 e. The molecule has 0 aliphatic carbocycles. The van der Waals surface area contributed by atoms with Crippen molar-refractivity contribution in [3.8, 4) is 0 Å². The summed E-state index contributed by atoms with van der Waals surface area (Å²) in [7, 11) is 6.48. The molecule has 12 rings (SSSR count). The zero-order chi connectivity index (χ0) is 53.1. The van der Waals surface area contributed by atoms with Crippen LogP contribution in [-0.2, 0) is 13.1 Å². The van der Waals surface area contributed by atoms with Crippen molar-refractivity contribution < 1.29 is 0 Å². The first-order valence-electron chi connectivity index (χ1n) is 28.1. The molecule has 0 N–H and O–H groups in total. The van der Waals surface area contributed by atoms with Gasteiger partial charge in [-0.25, -0.2) is 0 Å². The zero-order valence-electron chi connectivity index (χ0n) is 45.7. The molecule has 78 heavy (non-hydrogen) atoms. The van der Waals surface area contributed by atoms with Gasteiger partial charge in [-0.2, -0.15) is 0 Å². The molecule has 2 unspecified atom stereocenters. The van der Waals surface area contributed by atoms with Gasteiger partial charge in [0.25, 0.3) is 0 Å². The second-order valence-corrected chi connectivity index (χ2v) is 21.2. The highest BCUT2D eigenvalue weighted by atomic mass is 15.1. The van der Waals surface area contributed by atoms with Crippen molar-refractivity contribution in [3.05, 3.63) is 276 Å². The number of aromatic nitrogens is 2. The number of benzene rings is 10.